The number of aromatic amines is 1. The maximum atomic E-state index is 15.6. The van der Waals surface area contributed by atoms with Crippen LogP contribution in [0.3, 0.4) is 0 Å². The van der Waals surface area contributed by atoms with Gasteiger partial charge in [0.25, 0.3) is 0 Å². The normalized spacial score (nSPS) is 12.3. The van der Waals surface area contributed by atoms with Crippen molar-refractivity contribution in [2.45, 2.75) is 13.3 Å². The molecular weight excluding hydrogens is 410 g/mol. The summed E-state index contributed by atoms with van der Waals surface area (Å²) in [6, 6.07) is 20.0. The summed E-state index contributed by atoms with van der Waals surface area (Å²) in [6.07, 6.45) is 3.16. The third-order valence-electron chi connectivity index (χ3n) is 5.28. The monoisotopic (exact) mass is 430 g/mol. The lowest BCUT2D eigenvalue weighted by atomic mass is 9.87. The summed E-state index contributed by atoms with van der Waals surface area (Å²) in [6.45, 7) is 1.99. The van der Waals surface area contributed by atoms with Gasteiger partial charge in [-0.05, 0) is 52.5 Å². The molecule has 6 heteroatoms. The first kappa shape index (κ1) is 21.2. The smallest absolute Gasteiger partial charge is 0.328 e. The maximum Gasteiger partial charge on any atom is 0.328 e. The van der Waals surface area contributed by atoms with Crippen molar-refractivity contribution in [2.75, 3.05) is 0 Å². The van der Waals surface area contributed by atoms with Crippen LogP contribution in [-0.4, -0.2) is 21.3 Å². The number of benzene rings is 3. The summed E-state index contributed by atoms with van der Waals surface area (Å²) in [5.74, 6) is -2.53. The summed E-state index contributed by atoms with van der Waals surface area (Å²) in [7, 11) is 0. The third-order valence-corrected chi connectivity index (χ3v) is 5.28. The van der Waals surface area contributed by atoms with Crippen LogP contribution in [-0.2, 0) is 4.79 Å². The Kier molecular flexibility index (Phi) is 5.94. The Bertz CT molecular complexity index is 1340. The molecule has 3 aromatic carbocycles. The van der Waals surface area contributed by atoms with Gasteiger partial charge < -0.3 is 5.11 Å². The number of allylic oxidation sites excluding steroid dienone is 1. The van der Waals surface area contributed by atoms with Gasteiger partial charge in [0.15, 0.2) is 0 Å². The van der Waals surface area contributed by atoms with Crippen molar-refractivity contribution >= 4 is 34.1 Å². The van der Waals surface area contributed by atoms with Crippen LogP contribution in [0.1, 0.15) is 35.6 Å². The second-order valence-corrected chi connectivity index (χ2v) is 7.23. The van der Waals surface area contributed by atoms with E-state index >= 15 is 4.39 Å². The molecule has 0 spiro atoms. The Labute approximate surface area is 183 Å². The molecule has 0 aliphatic carbocycles. The lowest BCUT2D eigenvalue weighted by molar-refractivity contribution is -0.131. The van der Waals surface area contributed by atoms with Crippen molar-refractivity contribution < 1.29 is 18.7 Å². The van der Waals surface area contributed by atoms with Crippen LogP contribution in [0.5, 0.6) is 0 Å². The van der Waals surface area contributed by atoms with Crippen LogP contribution < -0.4 is 0 Å². The molecule has 0 aliphatic rings. The van der Waals surface area contributed by atoms with Crippen molar-refractivity contribution in [3.63, 3.8) is 0 Å². The third kappa shape index (κ3) is 4.07. The van der Waals surface area contributed by atoms with E-state index in [9.17, 15) is 9.18 Å². The van der Waals surface area contributed by atoms with Crippen molar-refractivity contribution in [2.24, 2.45) is 0 Å². The summed E-state index contributed by atoms with van der Waals surface area (Å²) in [4.78, 5) is 10.8. The summed E-state index contributed by atoms with van der Waals surface area (Å²) in [5, 5.41) is 14.7. The number of H-pyrrole nitrogens is 1. The van der Waals surface area contributed by atoms with Crippen molar-refractivity contribution in [1.29, 1.82) is 0 Å². The van der Waals surface area contributed by atoms with Gasteiger partial charge in [0.05, 0.1) is 10.9 Å². The van der Waals surface area contributed by atoms with Crippen molar-refractivity contribution in [3.8, 4) is 0 Å². The van der Waals surface area contributed by atoms with E-state index in [4.69, 9.17) is 5.11 Å². The number of nitrogens with zero attached hydrogens (tertiary/aromatic N) is 1. The first-order valence-corrected chi connectivity index (χ1v) is 10.1. The van der Waals surface area contributed by atoms with Gasteiger partial charge in [0.1, 0.15) is 5.82 Å². The second kappa shape index (κ2) is 8.98. The Hall–Kier alpha value is -4.06. The summed E-state index contributed by atoms with van der Waals surface area (Å²) >= 11 is 0. The maximum absolute atomic E-state index is 15.6. The van der Waals surface area contributed by atoms with Gasteiger partial charge in [-0.25, -0.2) is 9.18 Å². The number of fused-ring (bicyclic) bond motifs is 1. The molecule has 2 N–H and O–H groups in total. The molecule has 4 nitrogen and oxygen atoms in total. The number of aromatic nitrogens is 2. The average Bonchev–Trinajstić information content (AvgIpc) is 3.19. The molecule has 32 heavy (non-hydrogen) atoms. The molecule has 0 saturated carbocycles. The molecule has 0 saturated heterocycles. The highest BCUT2D eigenvalue weighted by Gasteiger charge is 2.21. The van der Waals surface area contributed by atoms with E-state index in [0.717, 1.165) is 22.8 Å². The van der Waals surface area contributed by atoms with Gasteiger partial charge in [-0.2, -0.15) is 9.49 Å². The van der Waals surface area contributed by atoms with E-state index in [0.29, 0.717) is 17.6 Å². The van der Waals surface area contributed by atoms with Gasteiger partial charge >= 0.3 is 5.97 Å². The van der Waals surface area contributed by atoms with Crippen molar-refractivity contribution in [3.05, 3.63) is 107 Å². The fourth-order valence-electron chi connectivity index (χ4n) is 3.81. The lowest BCUT2D eigenvalue weighted by Crippen LogP contribution is -1.99. The minimum absolute atomic E-state index is 0.176. The molecule has 0 amide bonds. The molecule has 160 valence electrons. The average molecular weight is 430 g/mol. The fourth-order valence-corrected chi connectivity index (χ4v) is 3.81. The predicted molar refractivity (Wildman–Crippen MR) is 122 cm³/mol. The number of hydrogen-bond donors (Lipinski definition) is 2. The zero-order valence-corrected chi connectivity index (χ0v) is 17.3. The fraction of sp³-hybridized carbons (Fsp3) is 0.0769. The number of rotatable bonds is 6. The van der Waals surface area contributed by atoms with Crippen LogP contribution in [0.15, 0.2) is 72.8 Å². The Morgan fingerprint density at radius 2 is 1.72 bits per heavy atom. The molecule has 1 heterocycles. The van der Waals surface area contributed by atoms with Crippen LogP contribution in [0.4, 0.5) is 8.78 Å². The van der Waals surface area contributed by atoms with E-state index in [-0.39, 0.29) is 16.5 Å². The van der Waals surface area contributed by atoms with Crippen LogP contribution in [0, 0.1) is 11.8 Å². The number of halogens is 2. The van der Waals surface area contributed by atoms with E-state index in [1.54, 1.807) is 24.3 Å². The number of hydrogen-bond acceptors (Lipinski definition) is 2. The van der Waals surface area contributed by atoms with Gasteiger partial charge in [0, 0.05) is 11.6 Å². The highest BCUT2D eigenvalue weighted by molar-refractivity contribution is 6.00. The zero-order chi connectivity index (χ0) is 22.7. The van der Waals surface area contributed by atoms with Crippen LogP contribution in [0.25, 0.3) is 28.1 Å². The molecule has 4 rings (SSSR count). The summed E-state index contributed by atoms with van der Waals surface area (Å²) in [5.41, 5.74) is 4.41. The predicted octanol–water partition coefficient (Wildman–Crippen LogP) is 6.31. The first-order valence-electron chi connectivity index (χ1n) is 10.1. The first-order chi connectivity index (χ1) is 15.5. The lowest BCUT2D eigenvalue weighted by Gasteiger charge is -2.17. The zero-order valence-electron chi connectivity index (χ0n) is 17.3. The van der Waals surface area contributed by atoms with E-state index in [1.165, 1.54) is 6.08 Å². The van der Waals surface area contributed by atoms with Crippen molar-refractivity contribution in [1.82, 2.24) is 10.2 Å². The molecular formula is C26H20F2N2O2. The van der Waals surface area contributed by atoms with E-state index in [2.05, 4.69) is 10.2 Å². The van der Waals surface area contributed by atoms with E-state index in [1.807, 2.05) is 49.4 Å². The minimum atomic E-state index is -1.04. The number of nitrogens with one attached hydrogen (secondary N) is 1. The number of carboxylic acid groups (broad SMARTS) is 1. The Morgan fingerprint density at radius 1 is 1.00 bits per heavy atom. The molecule has 4 aromatic rings. The van der Waals surface area contributed by atoms with Gasteiger partial charge in [-0.3, -0.25) is 5.10 Å². The SMILES string of the molecule is CC/C(=C(/c1ccc(/C=C/C(=O)O)cc1)c1ccc2n[nH]c(F)c2c1F)c1ccccc1. The highest BCUT2D eigenvalue weighted by Crippen LogP contribution is 2.37. The Morgan fingerprint density at radius 3 is 2.38 bits per heavy atom. The van der Waals surface area contributed by atoms with Gasteiger partial charge in [-0.1, -0.05) is 61.5 Å². The largest absolute Gasteiger partial charge is 0.478 e. The number of carbonyl (C=O) groups is 1. The number of aliphatic carboxylic acids is 1. The topological polar surface area (TPSA) is 66.0 Å². The number of carboxylic acids is 1. The van der Waals surface area contributed by atoms with Gasteiger partial charge in [-0.15, -0.1) is 0 Å². The minimum Gasteiger partial charge on any atom is -0.478 e. The van der Waals surface area contributed by atoms with Gasteiger partial charge in [0.2, 0.25) is 5.95 Å². The standard InChI is InChI=1S/C26H20F2N2O2/c1-2-19(17-6-4-3-5-7-17)23(18-11-8-16(9-12-18)10-15-22(31)32)20-13-14-21-24(25(20)27)26(28)30-29-21/h3-15H,2H2,1H3,(H,29,30)(H,31,32)/b15-10+,23-19+. The second-order valence-electron chi connectivity index (χ2n) is 7.23. The molecule has 0 unspecified atom stereocenters. The van der Waals surface area contributed by atoms with E-state index < -0.39 is 17.7 Å². The molecule has 0 bridgehead atoms. The quantitative estimate of drug-likeness (QED) is 0.278. The highest BCUT2D eigenvalue weighted by atomic mass is 19.1. The molecule has 0 fully saturated rings. The molecule has 0 atom stereocenters. The Balaban J connectivity index is 1.96. The molecule has 1 aromatic heterocycles. The molecule has 0 radical (unpaired) electrons. The van der Waals surface area contributed by atoms with Crippen LogP contribution in [0.2, 0.25) is 0 Å². The molecule has 0 aliphatic heterocycles. The summed E-state index contributed by atoms with van der Waals surface area (Å²) < 4.78 is 29.8. The van der Waals surface area contributed by atoms with Crippen LogP contribution >= 0.6 is 0 Å².